The van der Waals surface area contributed by atoms with Crippen LogP contribution >= 0.6 is 0 Å². The van der Waals surface area contributed by atoms with E-state index in [2.05, 4.69) is 12.4 Å². The van der Waals surface area contributed by atoms with Gasteiger partial charge >= 0.3 is 0 Å². The molecule has 1 aromatic carbocycles. The number of rotatable bonds is 2. The van der Waals surface area contributed by atoms with Crippen LogP contribution in [-0.4, -0.2) is 19.3 Å². The molecule has 0 radical (unpaired) electrons. The summed E-state index contributed by atoms with van der Waals surface area (Å²) in [6, 6.07) is 3.72. The van der Waals surface area contributed by atoms with E-state index in [4.69, 9.17) is 9.57 Å². The maximum atomic E-state index is 14.2. The second kappa shape index (κ2) is 4.48. The molecule has 2 saturated heterocycles. The number of hydrogen-bond acceptors (Lipinski definition) is 3. The van der Waals surface area contributed by atoms with Crippen LogP contribution in [-0.2, 0) is 15.1 Å². The van der Waals surface area contributed by atoms with E-state index in [1.165, 1.54) is 25.0 Å². The van der Waals surface area contributed by atoms with E-state index in [1.807, 2.05) is 0 Å². The summed E-state index contributed by atoms with van der Waals surface area (Å²) in [5.41, 5.74) is 2.97. The third kappa shape index (κ3) is 2.02. The summed E-state index contributed by atoms with van der Waals surface area (Å²) >= 11 is 0. The van der Waals surface area contributed by atoms with Crippen LogP contribution in [0.25, 0.3) is 0 Å². The molecule has 5 heteroatoms. The van der Waals surface area contributed by atoms with E-state index in [0.29, 0.717) is 18.8 Å². The summed E-state index contributed by atoms with van der Waals surface area (Å²) in [6.45, 7) is 3.14. The number of hydroxylamine groups is 1. The summed E-state index contributed by atoms with van der Waals surface area (Å²) in [7, 11) is 0. The highest BCUT2D eigenvalue weighted by Gasteiger charge is 2.56. The summed E-state index contributed by atoms with van der Waals surface area (Å²) in [6.07, 6.45) is 3.44. The van der Waals surface area contributed by atoms with Crippen LogP contribution in [0.4, 0.5) is 8.78 Å². The van der Waals surface area contributed by atoms with E-state index in [-0.39, 0.29) is 17.4 Å². The molecule has 114 valence electrons. The SMILES string of the molecule is CC1([C@H]2C[C@H]3CON[C@@]3(c3ccc(F)cc3F)CO2)CC1. The summed E-state index contributed by atoms with van der Waals surface area (Å²) in [5.74, 6) is -0.963. The first-order valence-corrected chi connectivity index (χ1v) is 7.50. The second-order valence-electron chi connectivity index (χ2n) is 6.89. The Hall–Kier alpha value is -1.04. The summed E-state index contributed by atoms with van der Waals surface area (Å²) in [4.78, 5) is 5.43. The fourth-order valence-electron chi connectivity index (χ4n) is 3.68. The Morgan fingerprint density at radius 1 is 1.29 bits per heavy atom. The first-order chi connectivity index (χ1) is 10.0. The molecule has 1 aliphatic carbocycles. The Bertz CT molecular complexity index is 575. The first-order valence-electron chi connectivity index (χ1n) is 7.50. The Morgan fingerprint density at radius 3 is 2.81 bits per heavy atom. The van der Waals surface area contributed by atoms with Gasteiger partial charge in [0.05, 0.1) is 24.9 Å². The Morgan fingerprint density at radius 2 is 2.10 bits per heavy atom. The van der Waals surface area contributed by atoms with Crippen molar-refractivity contribution in [1.82, 2.24) is 5.48 Å². The Labute approximate surface area is 122 Å². The minimum absolute atomic E-state index is 0.147. The molecule has 0 spiro atoms. The number of fused-ring (bicyclic) bond motifs is 1. The van der Waals surface area contributed by atoms with Gasteiger partial charge in [-0.2, -0.15) is 5.48 Å². The molecule has 3 atom stereocenters. The van der Waals surface area contributed by atoms with E-state index >= 15 is 0 Å². The minimum atomic E-state index is -0.695. The van der Waals surface area contributed by atoms with Crippen molar-refractivity contribution in [1.29, 1.82) is 0 Å². The monoisotopic (exact) mass is 295 g/mol. The fourth-order valence-corrected chi connectivity index (χ4v) is 3.68. The number of ether oxygens (including phenoxy) is 1. The summed E-state index contributed by atoms with van der Waals surface area (Å²) in [5, 5.41) is 0. The zero-order valence-corrected chi connectivity index (χ0v) is 12.0. The number of benzene rings is 1. The third-order valence-electron chi connectivity index (χ3n) is 5.47. The molecule has 3 fully saturated rings. The number of hydrogen-bond donors (Lipinski definition) is 1. The van der Waals surface area contributed by atoms with Crippen molar-refractivity contribution in [3.8, 4) is 0 Å². The molecular weight excluding hydrogens is 276 g/mol. The standard InChI is InChI=1S/C16H19F2NO2/c1-15(4-5-15)14-6-10-8-21-19-16(10,9-20-14)12-3-2-11(17)7-13(12)18/h2-3,7,10,14,19H,4-6,8-9H2,1H3/t10-,14+,16-/m0/s1. The van der Waals surface area contributed by atoms with Crippen LogP contribution in [0.2, 0.25) is 0 Å². The van der Waals surface area contributed by atoms with Gasteiger partial charge < -0.3 is 9.57 Å². The first kappa shape index (κ1) is 13.6. The Kier molecular flexibility index (Phi) is 2.90. The van der Waals surface area contributed by atoms with Crippen LogP contribution in [0.3, 0.4) is 0 Å². The lowest BCUT2D eigenvalue weighted by Gasteiger charge is -2.43. The van der Waals surface area contributed by atoms with Crippen molar-refractivity contribution in [3.63, 3.8) is 0 Å². The lowest BCUT2D eigenvalue weighted by atomic mass is 9.73. The van der Waals surface area contributed by atoms with Gasteiger partial charge in [0.15, 0.2) is 0 Å². The highest BCUT2D eigenvalue weighted by atomic mass is 19.1. The lowest BCUT2D eigenvalue weighted by molar-refractivity contribution is -0.0946. The van der Waals surface area contributed by atoms with Gasteiger partial charge in [0.2, 0.25) is 0 Å². The smallest absolute Gasteiger partial charge is 0.131 e. The fraction of sp³-hybridized carbons (Fsp3) is 0.625. The van der Waals surface area contributed by atoms with Crippen LogP contribution in [0.1, 0.15) is 31.7 Å². The molecule has 4 rings (SSSR count). The van der Waals surface area contributed by atoms with Gasteiger partial charge in [0.1, 0.15) is 11.6 Å². The van der Waals surface area contributed by atoms with Crippen molar-refractivity contribution in [2.45, 2.75) is 37.8 Å². The average molecular weight is 295 g/mol. The van der Waals surface area contributed by atoms with Crippen molar-refractivity contribution >= 4 is 0 Å². The third-order valence-corrected chi connectivity index (χ3v) is 5.47. The molecule has 1 saturated carbocycles. The van der Waals surface area contributed by atoms with Crippen molar-refractivity contribution in [2.75, 3.05) is 13.2 Å². The van der Waals surface area contributed by atoms with E-state index in [0.717, 1.165) is 12.5 Å². The van der Waals surface area contributed by atoms with Gasteiger partial charge in [-0.15, -0.1) is 0 Å². The molecule has 1 N–H and O–H groups in total. The zero-order valence-electron chi connectivity index (χ0n) is 12.0. The normalized spacial score (nSPS) is 37.3. The second-order valence-corrected chi connectivity index (χ2v) is 6.89. The average Bonchev–Trinajstić information content (AvgIpc) is 3.06. The molecular formula is C16H19F2NO2. The van der Waals surface area contributed by atoms with E-state index in [1.54, 1.807) is 0 Å². The molecule has 3 aliphatic rings. The summed E-state index contributed by atoms with van der Waals surface area (Å²) < 4.78 is 33.4. The number of halogens is 2. The minimum Gasteiger partial charge on any atom is -0.375 e. The largest absolute Gasteiger partial charge is 0.375 e. The molecule has 0 amide bonds. The molecule has 0 bridgehead atoms. The highest BCUT2D eigenvalue weighted by molar-refractivity contribution is 5.30. The predicted molar refractivity (Wildman–Crippen MR) is 72.3 cm³/mol. The molecule has 2 aliphatic heterocycles. The van der Waals surface area contributed by atoms with Crippen LogP contribution in [0.15, 0.2) is 18.2 Å². The number of nitrogens with one attached hydrogen (secondary N) is 1. The molecule has 0 unspecified atom stereocenters. The quantitative estimate of drug-likeness (QED) is 0.910. The molecule has 0 aromatic heterocycles. The highest BCUT2D eigenvalue weighted by Crippen LogP contribution is 2.55. The van der Waals surface area contributed by atoms with Gasteiger partial charge in [-0.1, -0.05) is 13.0 Å². The van der Waals surface area contributed by atoms with Crippen LogP contribution in [0, 0.1) is 23.0 Å². The maximum absolute atomic E-state index is 14.2. The Balaban J connectivity index is 1.67. The van der Waals surface area contributed by atoms with Crippen LogP contribution in [0.5, 0.6) is 0 Å². The molecule has 3 nitrogen and oxygen atoms in total. The molecule has 21 heavy (non-hydrogen) atoms. The molecule has 2 heterocycles. The van der Waals surface area contributed by atoms with Crippen molar-refractivity contribution in [2.24, 2.45) is 11.3 Å². The van der Waals surface area contributed by atoms with Crippen LogP contribution < -0.4 is 5.48 Å². The van der Waals surface area contributed by atoms with Gasteiger partial charge in [0, 0.05) is 17.5 Å². The van der Waals surface area contributed by atoms with Gasteiger partial charge in [-0.3, -0.25) is 0 Å². The molecule has 1 aromatic rings. The van der Waals surface area contributed by atoms with E-state index in [9.17, 15) is 8.78 Å². The van der Waals surface area contributed by atoms with Crippen molar-refractivity contribution < 1.29 is 18.4 Å². The topological polar surface area (TPSA) is 30.5 Å². The lowest BCUT2D eigenvalue weighted by Crippen LogP contribution is -2.53. The maximum Gasteiger partial charge on any atom is 0.131 e. The van der Waals surface area contributed by atoms with E-state index < -0.39 is 17.2 Å². The predicted octanol–water partition coefficient (Wildman–Crippen LogP) is 2.90. The van der Waals surface area contributed by atoms with Gasteiger partial charge in [-0.25, -0.2) is 8.78 Å². The van der Waals surface area contributed by atoms with Crippen molar-refractivity contribution in [3.05, 3.63) is 35.4 Å². The zero-order chi connectivity index (χ0) is 14.7. The van der Waals surface area contributed by atoms with Gasteiger partial charge in [0.25, 0.3) is 0 Å². The van der Waals surface area contributed by atoms with Gasteiger partial charge in [-0.05, 0) is 30.7 Å².